The Morgan fingerprint density at radius 3 is 0.958 bits per heavy atom. The van der Waals surface area contributed by atoms with Gasteiger partial charge in [0, 0.05) is 0 Å². The molecule has 0 nitrogen and oxygen atoms in total. The maximum atomic E-state index is 2.39. The van der Waals surface area contributed by atoms with Crippen LogP contribution >= 0.6 is 0 Å². The fourth-order valence-electron chi connectivity index (χ4n) is 3.82. The van der Waals surface area contributed by atoms with Crippen molar-refractivity contribution in [1.82, 2.24) is 0 Å². The van der Waals surface area contributed by atoms with Gasteiger partial charge < -0.3 is 0 Å². The number of rotatable bonds is 0. The standard InChI is InChI=1S/C24H45/c1-2-4-6-8-10-12-14-16-18-20-22-24-23-21-19-17-15-13-11-9-7-5-3-1/h1-3H,4-24H2/b2-1-. The van der Waals surface area contributed by atoms with E-state index in [0.29, 0.717) is 0 Å². The van der Waals surface area contributed by atoms with Crippen molar-refractivity contribution in [2.45, 2.75) is 135 Å². The van der Waals surface area contributed by atoms with Gasteiger partial charge in [0.1, 0.15) is 0 Å². The third kappa shape index (κ3) is 16.6. The van der Waals surface area contributed by atoms with Gasteiger partial charge in [-0.15, -0.1) is 0 Å². The van der Waals surface area contributed by atoms with Crippen LogP contribution in [0.25, 0.3) is 0 Å². The molecule has 0 spiro atoms. The minimum absolute atomic E-state index is 1.29. The van der Waals surface area contributed by atoms with Gasteiger partial charge in [-0.05, 0) is 25.7 Å². The lowest BCUT2D eigenvalue weighted by atomic mass is 10.0. The van der Waals surface area contributed by atoms with Gasteiger partial charge in [-0.2, -0.15) is 0 Å². The highest BCUT2D eigenvalue weighted by molar-refractivity contribution is 4.94. The van der Waals surface area contributed by atoms with Crippen molar-refractivity contribution in [2.24, 2.45) is 0 Å². The Morgan fingerprint density at radius 1 is 0.292 bits per heavy atom. The molecule has 1 aliphatic rings. The quantitative estimate of drug-likeness (QED) is 0.415. The van der Waals surface area contributed by atoms with Crippen molar-refractivity contribution in [3.63, 3.8) is 0 Å². The molecule has 1 aliphatic carbocycles. The molecule has 0 saturated heterocycles. The molecule has 0 bridgehead atoms. The summed E-state index contributed by atoms with van der Waals surface area (Å²) in [5.41, 5.74) is 0. The summed E-state index contributed by atoms with van der Waals surface area (Å²) in [5, 5.41) is 0. The van der Waals surface area contributed by atoms with E-state index in [0.717, 1.165) is 0 Å². The number of allylic oxidation sites excluding steroid dienone is 2. The summed E-state index contributed by atoms with van der Waals surface area (Å²) >= 11 is 0. The summed E-state index contributed by atoms with van der Waals surface area (Å²) in [7, 11) is 0. The lowest BCUT2D eigenvalue weighted by molar-refractivity contribution is 0.522. The average molecular weight is 334 g/mol. The van der Waals surface area contributed by atoms with Gasteiger partial charge in [-0.1, -0.05) is 128 Å². The zero-order chi connectivity index (χ0) is 17.0. The first kappa shape index (κ1) is 21.8. The van der Waals surface area contributed by atoms with Crippen LogP contribution in [0.2, 0.25) is 0 Å². The molecular weight excluding hydrogens is 288 g/mol. The fraction of sp³-hybridized carbons (Fsp3) is 0.875. The van der Waals surface area contributed by atoms with Crippen molar-refractivity contribution < 1.29 is 0 Å². The zero-order valence-electron chi connectivity index (χ0n) is 16.6. The van der Waals surface area contributed by atoms with Crippen LogP contribution in [0.15, 0.2) is 12.2 Å². The second kappa shape index (κ2) is 19.1. The van der Waals surface area contributed by atoms with Gasteiger partial charge in [0.15, 0.2) is 0 Å². The smallest absolute Gasteiger partial charge is 0.0171 e. The minimum atomic E-state index is 1.29. The van der Waals surface area contributed by atoms with Crippen LogP contribution in [-0.4, -0.2) is 0 Å². The Kier molecular flexibility index (Phi) is 17.3. The lowest BCUT2D eigenvalue weighted by Gasteiger charge is -2.04. The summed E-state index contributed by atoms with van der Waals surface area (Å²) in [6.45, 7) is 0. The van der Waals surface area contributed by atoms with Crippen LogP contribution in [0.5, 0.6) is 0 Å². The van der Waals surface area contributed by atoms with E-state index in [1.54, 1.807) is 0 Å². The summed E-state index contributed by atoms with van der Waals surface area (Å²) < 4.78 is 0. The van der Waals surface area contributed by atoms with Crippen LogP contribution in [0.4, 0.5) is 0 Å². The molecule has 141 valence electrons. The summed E-state index contributed by atoms with van der Waals surface area (Å²) in [4.78, 5) is 0. The number of hydrogen-bond acceptors (Lipinski definition) is 0. The summed E-state index contributed by atoms with van der Waals surface area (Å²) in [6.07, 6.45) is 37.5. The molecule has 0 unspecified atom stereocenters. The van der Waals surface area contributed by atoms with Crippen molar-refractivity contribution in [2.75, 3.05) is 0 Å². The molecule has 0 aromatic rings. The highest BCUT2D eigenvalue weighted by Crippen LogP contribution is 2.15. The first-order valence-electron chi connectivity index (χ1n) is 11.5. The molecule has 0 atom stereocenters. The van der Waals surface area contributed by atoms with Gasteiger partial charge in [-0.25, -0.2) is 0 Å². The topological polar surface area (TPSA) is 0 Å². The molecule has 0 N–H and O–H groups in total. The average Bonchev–Trinajstić information content (AvgIpc) is 2.59. The van der Waals surface area contributed by atoms with E-state index in [-0.39, 0.29) is 0 Å². The molecule has 0 aromatic heterocycles. The first-order chi connectivity index (χ1) is 12.0. The SMILES string of the molecule is [CH]1/C=C\CCCCCCCCCCCCCCCCCCCCC1. The Labute approximate surface area is 153 Å². The Bertz CT molecular complexity index is 227. The van der Waals surface area contributed by atoms with Gasteiger partial charge >= 0.3 is 0 Å². The van der Waals surface area contributed by atoms with E-state index < -0.39 is 0 Å². The van der Waals surface area contributed by atoms with Crippen LogP contribution in [0.3, 0.4) is 0 Å². The Balaban J connectivity index is 2.05. The third-order valence-electron chi connectivity index (χ3n) is 5.51. The van der Waals surface area contributed by atoms with E-state index in [1.165, 1.54) is 135 Å². The Morgan fingerprint density at radius 2 is 0.583 bits per heavy atom. The molecule has 0 amide bonds. The minimum Gasteiger partial charge on any atom is -0.0882 e. The highest BCUT2D eigenvalue weighted by atomic mass is 14.0. The molecule has 24 heavy (non-hydrogen) atoms. The maximum absolute atomic E-state index is 2.39. The van der Waals surface area contributed by atoms with Crippen LogP contribution in [-0.2, 0) is 0 Å². The van der Waals surface area contributed by atoms with Gasteiger partial charge in [0.25, 0.3) is 0 Å². The van der Waals surface area contributed by atoms with E-state index in [9.17, 15) is 0 Å². The summed E-state index contributed by atoms with van der Waals surface area (Å²) in [5.74, 6) is 0. The van der Waals surface area contributed by atoms with Gasteiger partial charge in [0.2, 0.25) is 0 Å². The van der Waals surface area contributed by atoms with Crippen molar-refractivity contribution in [1.29, 1.82) is 0 Å². The molecule has 0 saturated carbocycles. The predicted molar refractivity (Wildman–Crippen MR) is 110 cm³/mol. The first-order valence-corrected chi connectivity index (χ1v) is 11.5. The summed E-state index contributed by atoms with van der Waals surface area (Å²) in [6, 6.07) is 0. The van der Waals surface area contributed by atoms with Gasteiger partial charge in [-0.3, -0.25) is 0 Å². The van der Waals surface area contributed by atoms with Crippen LogP contribution < -0.4 is 0 Å². The molecule has 0 aliphatic heterocycles. The molecule has 1 rings (SSSR count). The molecule has 0 heterocycles. The van der Waals surface area contributed by atoms with Crippen molar-refractivity contribution in [3.8, 4) is 0 Å². The predicted octanol–water partition coefficient (Wildman–Crippen LogP) is 8.95. The lowest BCUT2D eigenvalue weighted by Crippen LogP contribution is -1.84. The van der Waals surface area contributed by atoms with Crippen molar-refractivity contribution >= 4 is 0 Å². The monoisotopic (exact) mass is 333 g/mol. The van der Waals surface area contributed by atoms with E-state index in [1.807, 2.05) is 0 Å². The molecule has 0 fully saturated rings. The second-order valence-electron chi connectivity index (χ2n) is 7.96. The second-order valence-corrected chi connectivity index (χ2v) is 7.96. The highest BCUT2D eigenvalue weighted by Gasteiger charge is 1.96. The van der Waals surface area contributed by atoms with Crippen LogP contribution in [0, 0.1) is 6.42 Å². The molecule has 0 aromatic carbocycles. The van der Waals surface area contributed by atoms with E-state index in [2.05, 4.69) is 18.6 Å². The zero-order valence-corrected chi connectivity index (χ0v) is 16.6. The van der Waals surface area contributed by atoms with E-state index >= 15 is 0 Å². The van der Waals surface area contributed by atoms with Gasteiger partial charge in [0.05, 0.1) is 0 Å². The molecular formula is C24H45. The van der Waals surface area contributed by atoms with Crippen molar-refractivity contribution in [3.05, 3.63) is 18.6 Å². The maximum Gasteiger partial charge on any atom is -0.0171 e. The molecule has 1 radical (unpaired) electrons. The normalized spacial score (nSPS) is 24.7. The molecule has 0 heteroatoms. The van der Waals surface area contributed by atoms with Crippen LogP contribution in [0.1, 0.15) is 135 Å². The van der Waals surface area contributed by atoms with E-state index in [4.69, 9.17) is 0 Å². The third-order valence-corrected chi connectivity index (χ3v) is 5.51. The fourth-order valence-corrected chi connectivity index (χ4v) is 3.82. The Hall–Kier alpha value is -0.260. The largest absolute Gasteiger partial charge is 0.0882 e. The number of hydrogen-bond donors (Lipinski definition) is 0.